The van der Waals surface area contributed by atoms with Gasteiger partial charge in [-0.25, -0.2) is 9.79 Å². The summed E-state index contributed by atoms with van der Waals surface area (Å²) in [6.45, 7) is 10.0. The Labute approximate surface area is 274 Å². The molecule has 0 saturated carbocycles. The zero-order valence-electron chi connectivity index (χ0n) is 26.0. The molecule has 4 aromatic rings. The fourth-order valence-corrected chi connectivity index (χ4v) is 6.59. The van der Waals surface area contributed by atoms with Crippen LogP contribution in [0.1, 0.15) is 56.0 Å². The molecule has 0 amide bonds. The first kappa shape index (κ1) is 32.2. The minimum absolute atomic E-state index is 0.0616. The molecule has 3 aromatic carbocycles. The van der Waals surface area contributed by atoms with E-state index in [1.807, 2.05) is 56.3 Å². The lowest BCUT2D eigenvalue weighted by atomic mass is 9.95. The maximum Gasteiger partial charge on any atom is 0.338 e. The van der Waals surface area contributed by atoms with Gasteiger partial charge in [0.1, 0.15) is 12.4 Å². The van der Waals surface area contributed by atoms with Crippen LogP contribution in [0.3, 0.4) is 0 Å². The van der Waals surface area contributed by atoms with E-state index in [2.05, 4.69) is 40.0 Å². The van der Waals surface area contributed by atoms with Gasteiger partial charge in [-0.3, -0.25) is 9.36 Å². The SMILES string of the molecule is CCOC(=O)C1=C(C)N=c2s/c(=C\c3ccc(OCc4ccc(C)cc4)c(Br)c3)c(=O)n2[C@@H]1c1ccc(OC(C)C)c(OC)c1. The van der Waals surface area contributed by atoms with Crippen molar-refractivity contribution in [1.29, 1.82) is 0 Å². The minimum atomic E-state index is -0.770. The average Bonchev–Trinajstić information content (AvgIpc) is 3.30. The number of halogens is 1. The van der Waals surface area contributed by atoms with Gasteiger partial charge in [-0.1, -0.05) is 53.3 Å². The molecule has 0 saturated heterocycles. The van der Waals surface area contributed by atoms with Crippen molar-refractivity contribution in [2.75, 3.05) is 13.7 Å². The number of carbonyl (C=O) groups excluding carboxylic acids is 1. The van der Waals surface area contributed by atoms with Crippen molar-refractivity contribution in [2.24, 2.45) is 4.99 Å². The monoisotopic (exact) mass is 690 g/mol. The van der Waals surface area contributed by atoms with Gasteiger partial charge in [-0.15, -0.1) is 0 Å². The van der Waals surface area contributed by atoms with E-state index in [1.165, 1.54) is 16.9 Å². The summed E-state index contributed by atoms with van der Waals surface area (Å²) in [5, 5.41) is 0. The third-order valence-electron chi connectivity index (χ3n) is 7.15. The largest absolute Gasteiger partial charge is 0.493 e. The number of aryl methyl sites for hydroxylation is 1. The van der Waals surface area contributed by atoms with Crippen molar-refractivity contribution in [3.8, 4) is 17.2 Å². The predicted octanol–water partition coefficient (Wildman–Crippen LogP) is 6.24. The van der Waals surface area contributed by atoms with E-state index >= 15 is 0 Å². The van der Waals surface area contributed by atoms with E-state index in [4.69, 9.17) is 18.9 Å². The molecule has 0 bridgehead atoms. The van der Waals surface area contributed by atoms with Crippen molar-refractivity contribution >= 4 is 39.3 Å². The fourth-order valence-electron chi connectivity index (χ4n) is 5.03. The number of aromatic nitrogens is 1. The van der Waals surface area contributed by atoms with E-state index in [9.17, 15) is 9.59 Å². The van der Waals surface area contributed by atoms with Crippen LogP contribution in [0.5, 0.6) is 17.2 Å². The van der Waals surface area contributed by atoms with Crippen molar-refractivity contribution < 1.29 is 23.7 Å². The first-order chi connectivity index (χ1) is 21.6. The van der Waals surface area contributed by atoms with Crippen molar-refractivity contribution in [3.05, 3.63) is 118 Å². The Bertz CT molecular complexity index is 1940. The van der Waals surface area contributed by atoms with Crippen molar-refractivity contribution in [3.63, 3.8) is 0 Å². The Hall–Kier alpha value is -4.15. The normalized spacial score (nSPS) is 14.7. The Morgan fingerprint density at radius 1 is 1.04 bits per heavy atom. The maximum atomic E-state index is 14.1. The highest BCUT2D eigenvalue weighted by molar-refractivity contribution is 9.10. The smallest absolute Gasteiger partial charge is 0.338 e. The van der Waals surface area contributed by atoms with Crippen LogP contribution in [-0.2, 0) is 16.1 Å². The van der Waals surface area contributed by atoms with Crippen LogP contribution in [0, 0.1) is 6.92 Å². The van der Waals surface area contributed by atoms with E-state index in [1.54, 1.807) is 37.7 Å². The van der Waals surface area contributed by atoms with E-state index in [0.29, 0.717) is 50.0 Å². The zero-order chi connectivity index (χ0) is 32.2. The van der Waals surface area contributed by atoms with Gasteiger partial charge in [0.05, 0.1) is 46.1 Å². The van der Waals surface area contributed by atoms with Gasteiger partial charge >= 0.3 is 5.97 Å². The quantitative estimate of drug-likeness (QED) is 0.183. The summed E-state index contributed by atoms with van der Waals surface area (Å²) in [5.74, 6) is 1.24. The maximum absolute atomic E-state index is 14.1. The molecule has 8 nitrogen and oxygen atoms in total. The van der Waals surface area contributed by atoms with Crippen LogP contribution in [0.25, 0.3) is 6.08 Å². The molecule has 1 atom stereocenters. The van der Waals surface area contributed by atoms with Gasteiger partial charge in [0, 0.05) is 0 Å². The average molecular weight is 692 g/mol. The third-order valence-corrected chi connectivity index (χ3v) is 8.75. The molecule has 2 heterocycles. The third kappa shape index (κ3) is 7.07. The molecule has 0 aliphatic carbocycles. The summed E-state index contributed by atoms with van der Waals surface area (Å²) in [7, 11) is 1.56. The molecule has 10 heteroatoms. The molecule has 1 aliphatic heterocycles. The summed E-state index contributed by atoms with van der Waals surface area (Å²) in [5.41, 5.74) is 4.27. The Balaban J connectivity index is 1.54. The van der Waals surface area contributed by atoms with E-state index in [-0.39, 0.29) is 18.3 Å². The van der Waals surface area contributed by atoms with Gasteiger partial charge in [0.25, 0.3) is 5.56 Å². The number of nitrogens with zero attached hydrogens (tertiary/aromatic N) is 2. The highest BCUT2D eigenvalue weighted by atomic mass is 79.9. The summed E-state index contributed by atoms with van der Waals surface area (Å²) >= 11 is 4.88. The summed E-state index contributed by atoms with van der Waals surface area (Å²) < 4.78 is 25.8. The number of esters is 1. The number of allylic oxidation sites excluding steroid dienone is 1. The van der Waals surface area contributed by atoms with Crippen LogP contribution in [-0.4, -0.2) is 30.4 Å². The van der Waals surface area contributed by atoms with Crippen LogP contribution in [0.2, 0.25) is 0 Å². The first-order valence-corrected chi connectivity index (χ1v) is 16.2. The van der Waals surface area contributed by atoms with Crippen LogP contribution >= 0.6 is 27.3 Å². The number of benzene rings is 3. The Kier molecular flexibility index (Phi) is 9.94. The molecule has 0 fully saturated rings. The number of thiazole rings is 1. The standard InChI is InChI=1S/C35H35BrN2O6S/c1-7-42-34(40)31-22(5)37-35-38(32(31)25-13-15-28(44-20(2)3)29(18-25)41-6)33(39)30(45-35)17-24-12-14-27(26(36)16-24)43-19-23-10-8-21(4)9-11-23/h8-18,20,32H,7,19H2,1-6H3/b30-17-/t32-/m1/s1. The second kappa shape index (κ2) is 13.9. The van der Waals surface area contributed by atoms with Gasteiger partial charge in [-0.2, -0.15) is 0 Å². The van der Waals surface area contributed by atoms with Gasteiger partial charge < -0.3 is 18.9 Å². The molecule has 0 radical (unpaired) electrons. The summed E-state index contributed by atoms with van der Waals surface area (Å²) in [6.07, 6.45) is 1.76. The number of ether oxygens (including phenoxy) is 4. The van der Waals surface area contributed by atoms with E-state index in [0.717, 1.165) is 15.6 Å². The molecule has 5 rings (SSSR count). The molecular formula is C35H35BrN2O6S. The molecular weight excluding hydrogens is 656 g/mol. The van der Waals surface area contributed by atoms with Crippen molar-refractivity contribution in [2.45, 2.75) is 53.4 Å². The van der Waals surface area contributed by atoms with Crippen molar-refractivity contribution in [1.82, 2.24) is 4.57 Å². The lowest BCUT2D eigenvalue weighted by molar-refractivity contribution is -0.139. The lowest BCUT2D eigenvalue weighted by Crippen LogP contribution is -2.40. The first-order valence-electron chi connectivity index (χ1n) is 14.6. The predicted molar refractivity (Wildman–Crippen MR) is 179 cm³/mol. The molecule has 0 N–H and O–H groups in total. The molecule has 45 heavy (non-hydrogen) atoms. The molecule has 1 aromatic heterocycles. The molecule has 1 aliphatic rings. The van der Waals surface area contributed by atoms with E-state index < -0.39 is 12.0 Å². The second-order valence-corrected chi connectivity index (χ2v) is 12.7. The molecule has 0 spiro atoms. The molecule has 0 unspecified atom stereocenters. The lowest BCUT2D eigenvalue weighted by Gasteiger charge is -2.25. The number of fused-ring (bicyclic) bond motifs is 1. The number of carbonyl (C=O) groups is 1. The summed E-state index contributed by atoms with van der Waals surface area (Å²) in [4.78, 5) is 32.5. The topological polar surface area (TPSA) is 88.4 Å². The number of hydrogen-bond acceptors (Lipinski definition) is 8. The summed E-state index contributed by atoms with van der Waals surface area (Å²) in [6, 6.07) is 18.6. The van der Waals surface area contributed by atoms with Gasteiger partial charge in [-0.05, 0) is 97.6 Å². The zero-order valence-corrected chi connectivity index (χ0v) is 28.5. The van der Waals surface area contributed by atoms with Crippen LogP contribution in [0.15, 0.2) is 86.2 Å². The van der Waals surface area contributed by atoms with Gasteiger partial charge in [0.15, 0.2) is 16.3 Å². The van der Waals surface area contributed by atoms with Crippen LogP contribution < -0.4 is 29.1 Å². The Morgan fingerprint density at radius 3 is 2.44 bits per heavy atom. The minimum Gasteiger partial charge on any atom is -0.493 e. The number of hydrogen-bond donors (Lipinski definition) is 0. The second-order valence-electron chi connectivity index (χ2n) is 10.8. The molecule has 234 valence electrons. The van der Waals surface area contributed by atoms with Crippen LogP contribution in [0.4, 0.5) is 0 Å². The highest BCUT2D eigenvalue weighted by Crippen LogP contribution is 2.36. The fraction of sp³-hybridized carbons (Fsp3) is 0.286. The number of methoxy groups -OCH3 is 1. The number of rotatable bonds is 10. The Morgan fingerprint density at radius 2 is 1.78 bits per heavy atom. The highest BCUT2D eigenvalue weighted by Gasteiger charge is 2.34. The van der Waals surface area contributed by atoms with Gasteiger partial charge in [0.2, 0.25) is 0 Å².